The summed E-state index contributed by atoms with van der Waals surface area (Å²) in [6.45, 7) is 1.88. The largest absolute Gasteiger partial charge is 0.542 e. The number of aliphatic carboxylic acids is 1. The highest BCUT2D eigenvalue weighted by Gasteiger charge is 2.30. The maximum absolute atomic E-state index is 13.2. The minimum Gasteiger partial charge on any atom is -0.542 e. The maximum Gasteiger partial charge on any atom is 0.430 e. The number of nitrogens with two attached hydrogens (primary N) is 2. The molecule has 0 aromatic heterocycles. The quantitative estimate of drug-likeness (QED) is 0.203. The molecule has 0 aliphatic heterocycles. The Morgan fingerprint density at radius 1 is 1.02 bits per heavy atom. The molecule has 5 N–H and O–H groups in total. The van der Waals surface area contributed by atoms with Gasteiger partial charge in [0, 0.05) is 5.56 Å². The van der Waals surface area contributed by atoms with Crippen LogP contribution in [-0.4, -0.2) is 43.0 Å². The van der Waals surface area contributed by atoms with Gasteiger partial charge in [0.15, 0.2) is 0 Å². The molecule has 2 atom stereocenters. The van der Waals surface area contributed by atoms with Gasteiger partial charge in [0.1, 0.15) is 5.97 Å². The number of methoxy groups -OCH3 is 1. The Kier molecular flexibility index (Phi) is 11.8. The second-order valence-corrected chi connectivity index (χ2v) is 8.86. The zero-order chi connectivity index (χ0) is 30.6. The molecule has 0 unspecified atom stereocenters. The van der Waals surface area contributed by atoms with E-state index in [0.29, 0.717) is 17.5 Å². The monoisotopic (exact) mass is 569 g/mol. The Balaban J connectivity index is 0.000000745. The van der Waals surface area contributed by atoms with Crippen molar-refractivity contribution in [2.75, 3.05) is 7.11 Å². The summed E-state index contributed by atoms with van der Waals surface area (Å²) in [5.74, 6) is -4.17. The number of carbonyl (C=O) groups excluding carboxylic acids is 3. The van der Waals surface area contributed by atoms with Crippen LogP contribution in [0.3, 0.4) is 0 Å². The smallest absolute Gasteiger partial charge is 0.430 e. The lowest BCUT2D eigenvalue weighted by molar-refractivity contribution is -0.344. The van der Waals surface area contributed by atoms with Gasteiger partial charge in [-0.25, -0.2) is 0 Å². The summed E-state index contributed by atoms with van der Waals surface area (Å²) < 4.78 is 36.7. The standard InChI is InChI=1S/C28H29N3O3.C2HF3O2/c1-19-9-6-7-14-23(19)27(32)31-25(16-15-20-10-4-3-5-11-20)24(28(33)34-2)18-21-12-8-13-22(17-21)26(29)30;3-2(4,5)1(6)7/h3-17,24-25H,18H2,1-2H3,(H3,29,30)(H,31,32);(H,6,7)/b16-15+;/t24-,25-;/m1./s1. The molecule has 3 aromatic carbocycles. The molecule has 0 heterocycles. The van der Waals surface area contributed by atoms with Gasteiger partial charge in [-0.05, 0) is 48.2 Å². The summed E-state index contributed by atoms with van der Waals surface area (Å²) in [6.07, 6.45) is -1.15. The predicted molar refractivity (Wildman–Crippen MR) is 145 cm³/mol. The minimum atomic E-state index is -5.19. The van der Waals surface area contributed by atoms with Crippen molar-refractivity contribution >= 4 is 29.8 Å². The lowest BCUT2D eigenvalue weighted by Gasteiger charge is -2.24. The third kappa shape index (κ3) is 10.3. The number of carboxylic acid groups (broad SMARTS) is 1. The van der Waals surface area contributed by atoms with Crippen LogP contribution in [0, 0.1) is 12.8 Å². The average molecular weight is 570 g/mol. The molecule has 3 rings (SSSR count). The lowest BCUT2D eigenvalue weighted by Crippen LogP contribution is -2.46. The second kappa shape index (κ2) is 15.0. The maximum atomic E-state index is 13.2. The summed E-state index contributed by atoms with van der Waals surface area (Å²) in [6, 6.07) is 23.8. The molecule has 0 aliphatic carbocycles. The number of carbonyl (C=O) groups is 3. The highest BCUT2D eigenvalue weighted by molar-refractivity contribution is 5.96. The number of rotatable bonds is 9. The number of esters is 1. The zero-order valence-electron chi connectivity index (χ0n) is 22.4. The van der Waals surface area contributed by atoms with Crippen molar-refractivity contribution in [2.24, 2.45) is 11.7 Å². The van der Waals surface area contributed by atoms with E-state index in [0.717, 1.165) is 16.7 Å². The number of alkyl halides is 3. The molecule has 3 aromatic rings. The van der Waals surface area contributed by atoms with E-state index in [9.17, 15) is 22.8 Å². The van der Waals surface area contributed by atoms with Crippen LogP contribution in [0.15, 0.2) is 84.9 Å². The molecule has 0 aliphatic rings. The fraction of sp³-hybridized carbons (Fsp3) is 0.200. The molecule has 11 heteroatoms. The number of hydrogen-bond acceptors (Lipinski definition) is 5. The van der Waals surface area contributed by atoms with Crippen LogP contribution in [0.5, 0.6) is 0 Å². The first-order valence-corrected chi connectivity index (χ1v) is 12.3. The number of aryl methyl sites for hydroxylation is 1. The van der Waals surface area contributed by atoms with Crippen LogP contribution in [-0.2, 0) is 20.7 Å². The zero-order valence-corrected chi connectivity index (χ0v) is 22.4. The van der Waals surface area contributed by atoms with Gasteiger partial charge in [-0.3, -0.25) is 20.7 Å². The highest BCUT2D eigenvalue weighted by Crippen LogP contribution is 2.19. The van der Waals surface area contributed by atoms with Crippen molar-refractivity contribution in [3.8, 4) is 0 Å². The van der Waals surface area contributed by atoms with Crippen LogP contribution in [0.2, 0.25) is 0 Å². The Bertz CT molecular complexity index is 1390. The van der Waals surface area contributed by atoms with Gasteiger partial charge in [0.25, 0.3) is 11.7 Å². The molecular weight excluding hydrogens is 539 g/mol. The number of hydrogen-bond donors (Lipinski definition) is 3. The summed E-state index contributed by atoms with van der Waals surface area (Å²) in [4.78, 5) is 34.9. The lowest BCUT2D eigenvalue weighted by atomic mass is 9.90. The molecule has 0 radical (unpaired) electrons. The normalized spacial score (nSPS) is 12.4. The predicted octanol–water partition coefficient (Wildman–Crippen LogP) is 1.60. The van der Waals surface area contributed by atoms with Crippen LogP contribution in [0.1, 0.15) is 32.6 Å². The van der Waals surface area contributed by atoms with Crippen LogP contribution in [0.25, 0.3) is 6.08 Å². The Labute approximate surface area is 235 Å². The van der Waals surface area contributed by atoms with E-state index in [-0.39, 0.29) is 11.7 Å². The highest BCUT2D eigenvalue weighted by atomic mass is 19.4. The number of carboxylic acids is 1. The van der Waals surface area contributed by atoms with Crippen molar-refractivity contribution in [1.29, 1.82) is 0 Å². The van der Waals surface area contributed by atoms with E-state index in [1.165, 1.54) is 7.11 Å². The van der Waals surface area contributed by atoms with E-state index in [4.69, 9.17) is 25.8 Å². The van der Waals surface area contributed by atoms with E-state index in [1.54, 1.807) is 12.1 Å². The number of nitrogens with one attached hydrogen (secondary N) is 1. The summed E-state index contributed by atoms with van der Waals surface area (Å²) >= 11 is 0. The molecule has 0 saturated carbocycles. The Hall–Kier alpha value is -4.93. The van der Waals surface area contributed by atoms with E-state index in [1.807, 2.05) is 85.8 Å². The van der Waals surface area contributed by atoms with Crippen LogP contribution >= 0.6 is 0 Å². The molecule has 216 valence electrons. The molecular formula is C30H30F3N3O5. The first kappa shape index (κ1) is 32.3. The van der Waals surface area contributed by atoms with Gasteiger partial charge in [-0.2, -0.15) is 13.2 Å². The minimum absolute atomic E-state index is 0.199. The number of amides is 1. The number of ether oxygens (including phenoxy) is 1. The molecule has 0 spiro atoms. The van der Waals surface area contributed by atoms with Crippen LogP contribution in [0.4, 0.5) is 13.2 Å². The third-order valence-electron chi connectivity index (χ3n) is 5.87. The van der Waals surface area contributed by atoms with Crippen molar-refractivity contribution in [1.82, 2.24) is 5.32 Å². The second-order valence-electron chi connectivity index (χ2n) is 8.86. The topological polar surface area (TPSA) is 147 Å². The van der Waals surface area contributed by atoms with Crippen molar-refractivity contribution in [3.63, 3.8) is 0 Å². The third-order valence-corrected chi connectivity index (χ3v) is 5.87. The molecule has 0 fully saturated rings. The first-order chi connectivity index (χ1) is 19.3. The van der Waals surface area contributed by atoms with Crippen molar-refractivity contribution < 1.29 is 42.8 Å². The van der Waals surface area contributed by atoms with Gasteiger partial charge in [0.2, 0.25) is 0 Å². The fourth-order valence-corrected chi connectivity index (χ4v) is 3.76. The Morgan fingerprint density at radius 2 is 1.63 bits per heavy atom. The van der Waals surface area contributed by atoms with Gasteiger partial charge in [-0.15, -0.1) is 0 Å². The summed E-state index contributed by atoms with van der Waals surface area (Å²) in [5, 5.41) is 17.6. The van der Waals surface area contributed by atoms with Crippen LogP contribution < -0.4 is 21.6 Å². The molecule has 0 bridgehead atoms. The van der Waals surface area contributed by atoms with Crippen molar-refractivity contribution in [2.45, 2.75) is 25.6 Å². The number of benzene rings is 3. The fourth-order valence-electron chi connectivity index (χ4n) is 3.76. The first-order valence-electron chi connectivity index (χ1n) is 12.3. The van der Waals surface area contributed by atoms with E-state index in [2.05, 4.69) is 5.32 Å². The summed E-state index contributed by atoms with van der Waals surface area (Å²) in [7, 11) is 1.35. The number of halogens is 3. The molecule has 0 saturated heterocycles. The molecule has 41 heavy (non-hydrogen) atoms. The SMILES string of the molecule is COC(=O)[C@H](Cc1cccc(C(N)=[NH2+])c1)[C@@H](/C=C/c1ccccc1)NC(=O)c1ccccc1C.O=C([O-])C(F)(F)F. The van der Waals surface area contributed by atoms with Gasteiger partial charge in [-0.1, -0.05) is 72.8 Å². The number of amidine groups is 1. The van der Waals surface area contributed by atoms with Gasteiger partial charge >= 0.3 is 12.1 Å². The van der Waals surface area contributed by atoms with E-state index < -0.39 is 30.1 Å². The van der Waals surface area contributed by atoms with Gasteiger partial charge < -0.3 is 20.0 Å². The van der Waals surface area contributed by atoms with E-state index >= 15 is 0 Å². The molecule has 8 nitrogen and oxygen atoms in total. The summed E-state index contributed by atoms with van der Waals surface area (Å²) in [5.41, 5.74) is 9.64. The average Bonchev–Trinajstić information content (AvgIpc) is 2.94. The van der Waals surface area contributed by atoms with Gasteiger partial charge in [0.05, 0.1) is 24.6 Å². The molecule has 1 amide bonds. The Morgan fingerprint density at radius 3 is 2.20 bits per heavy atom. The van der Waals surface area contributed by atoms with Crippen molar-refractivity contribution in [3.05, 3.63) is 113 Å².